The van der Waals surface area contributed by atoms with Gasteiger partial charge in [0.1, 0.15) is 6.54 Å². The highest BCUT2D eigenvalue weighted by atomic mass is 16.5. The highest BCUT2D eigenvalue weighted by molar-refractivity contribution is 5.94. The zero-order valence-electron chi connectivity index (χ0n) is 15.4. The first-order valence-corrected chi connectivity index (χ1v) is 8.69. The van der Waals surface area contributed by atoms with Gasteiger partial charge in [0.25, 0.3) is 5.91 Å². The number of amides is 1. The lowest BCUT2D eigenvalue weighted by molar-refractivity contribution is -0.149. The monoisotopic (exact) mass is 363 g/mol. The van der Waals surface area contributed by atoms with E-state index in [2.05, 4.69) is 0 Å². The van der Waals surface area contributed by atoms with Crippen LogP contribution in [-0.2, 0) is 14.3 Å². The van der Waals surface area contributed by atoms with Crippen molar-refractivity contribution in [2.75, 3.05) is 33.4 Å². The summed E-state index contributed by atoms with van der Waals surface area (Å²) < 4.78 is 15.7. The fourth-order valence-corrected chi connectivity index (χ4v) is 2.47. The number of hydrogen-bond acceptors (Lipinski definition) is 6. The van der Waals surface area contributed by atoms with Crippen LogP contribution in [0.1, 0.15) is 37.0 Å². The highest BCUT2D eigenvalue weighted by Gasteiger charge is 2.28. The quantitative estimate of drug-likeness (QED) is 0.468. The summed E-state index contributed by atoms with van der Waals surface area (Å²) in [6, 6.07) is 4.79. The number of benzene rings is 1. The van der Waals surface area contributed by atoms with Crippen molar-refractivity contribution in [2.45, 2.75) is 26.7 Å². The number of methoxy groups -OCH3 is 1. The van der Waals surface area contributed by atoms with Crippen molar-refractivity contribution < 1.29 is 28.6 Å². The van der Waals surface area contributed by atoms with E-state index in [0.717, 1.165) is 12.8 Å². The normalized spacial score (nSPS) is 13.0. The Hall–Kier alpha value is -2.57. The molecule has 7 heteroatoms. The second-order valence-electron chi connectivity index (χ2n) is 6.23. The van der Waals surface area contributed by atoms with Gasteiger partial charge in [0, 0.05) is 12.1 Å². The maximum Gasteiger partial charge on any atom is 0.325 e. The Morgan fingerprint density at radius 1 is 1.19 bits per heavy atom. The molecule has 1 aliphatic rings. The average molecular weight is 363 g/mol. The van der Waals surface area contributed by atoms with Gasteiger partial charge < -0.3 is 19.1 Å². The molecule has 1 aromatic carbocycles. The van der Waals surface area contributed by atoms with Crippen LogP contribution in [-0.4, -0.2) is 56.0 Å². The smallest absolute Gasteiger partial charge is 0.325 e. The van der Waals surface area contributed by atoms with Gasteiger partial charge in [-0.1, -0.05) is 0 Å². The van der Waals surface area contributed by atoms with Gasteiger partial charge in [-0.05, 0) is 50.8 Å². The first-order valence-electron chi connectivity index (χ1n) is 8.69. The minimum absolute atomic E-state index is 0.0764. The Bertz CT molecular complexity index is 668. The lowest BCUT2D eigenvalue weighted by atomic mass is 10.1. The number of ketones is 1. The number of carbonyl (C=O) groups excluding carboxylic acids is 3. The van der Waals surface area contributed by atoms with Gasteiger partial charge in [-0.25, -0.2) is 0 Å². The van der Waals surface area contributed by atoms with Gasteiger partial charge in [0.15, 0.2) is 23.9 Å². The second-order valence-corrected chi connectivity index (χ2v) is 6.23. The van der Waals surface area contributed by atoms with Gasteiger partial charge in [-0.15, -0.1) is 0 Å². The van der Waals surface area contributed by atoms with Gasteiger partial charge in [-0.3, -0.25) is 14.4 Å². The van der Waals surface area contributed by atoms with Crippen LogP contribution < -0.4 is 9.47 Å². The number of rotatable bonds is 10. The Morgan fingerprint density at radius 2 is 1.92 bits per heavy atom. The Balaban J connectivity index is 1.99. The van der Waals surface area contributed by atoms with Crippen molar-refractivity contribution in [1.29, 1.82) is 0 Å². The number of Topliss-reactive ketones (excluding diaryl/α,β-unsaturated/α-hetero) is 1. The van der Waals surface area contributed by atoms with E-state index >= 15 is 0 Å². The highest BCUT2D eigenvalue weighted by Crippen LogP contribution is 2.30. The zero-order chi connectivity index (χ0) is 19.1. The van der Waals surface area contributed by atoms with E-state index < -0.39 is 5.97 Å². The molecule has 1 aromatic rings. The lowest BCUT2D eigenvalue weighted by Gasteiger charge is -2.22. The van der Waals surface area contributed by atoms with Crippen LogP contribution in [0.15, 0.2) is 18.2 Å². The summed E-state index contributed by atoms with van der Waals surface area (Å²) in [5.74, 6) is 0.388. The first kappa shape index (κ1) is 19.8. The van der Waals surface area contributed by atoms with Crippen molar-refractivity contribution in [3.63, 3.8) is 0 Å². The van der Waals surface area contributed by atoms with E-state index in [0.29, 0.717) is 29.5 Å². The van der Waals surface area contributed by atoms with E-state index in [1.165, 1.54) is 18.9 Å². The van der Waals surface area contributed by atoms with Crippen molar-refractivity contribution in [3.8, 4) is 11.5 Å². The summed E-state index contributed by atoms with van der Waals surface area (Å²) in [5, 5.41) is 0. The van der Waals surface area contributed by atoms with Gasteiger partial charge in [-0.2, -0.15) is 0 Å². The van der Waals surface area contributed by atoms with Gasteiger partial charge in [0.05, 0.1) is 13.7 Å². The Labute approximate surface area is 153 Å². The molecule has 0 unspecified atom stereocenters. The molecule has 1 fully saturated rings. The predicted molar refractivity (Wildman–Crippen MR) is 94.4 cm³/mol. The molecule has 1 aliphatic carbocycles. The van der Waals surface area contributed by atoms with Crippen molar-refractivity contribution in [1.82, 2.24) is 4.90 Å². The molecule has 0 aliphatic heterocycles. The minimum Gasteiger partial charge on any atom is -0.493 e. The molecule has 7 nitrogen and oxygen atoms in total. The zero-order valence-corrected chi connectivity index (χ0v) is 15.4. The number of ether oxygens (including phenoxy) is 3. The third kappa shape index (κ3) is 5.75. The van der Waals surface area contributed by atoms with Gasteiger partial charge in [0.2, 0.25) is 0 Å². The molecular weight excluding hydrogens is 338 g/mol. The lowest BCUT2D eigenvalue weighted by Crippen LogP contribution is -2.40. The molecule has 0 spiro atoms. The van der Waals surface area contributed by atoms with Crippen molar-refractivity contribution in [3.05, 3.63) is 23.8 Å². The summed E-state index contributed by atoms with van der Waals surface area (Å²) >= 11 is 0. The predicted octanol–water partition coefficient (Wildman–Crippen LogP) is 2.08. The molecule has 1 saturated carbocycles. The van der Waals surface area contributed by atoms with Crippen LogP contribution >= 0.6 is 0 Å². The van der Waals surface area contributed by atoms with Crippen LogP contribution in [0.2, 0.25) is 0 Å². The molecule has 1 amide bonds. The standard InChI is InChI=1S/C19H25NO6/c1-4-25-19(23)11-20(10-14-5-6-14)18(22)12-26-16-8-7-15(13(2)21)9-17(16)24-3/h7-9,14H,4-6,10-12H2,1-3H3. The molecule has 0 saturated heterocycles. The molecule has 0 atom stereocenters. The summed E-state index contributed by atoms with van der Waals surface area (Å²) in [4.78, 5) is 37.1. The third-order valence-electron chi connectivity index (χ3n) is 4.07. The van der Waals surface area contributed by atoms with Gasteiger partial charge >= 0.3 is 5.97 Å². The van der Waals surface area contributed by atoms with E-state index in [4.69, 9.17) is 14.2 Å². The molecule has 0 heterocycles. The van der Waals surface area contributed by atoms with Crippen LogP contribution in [0, 0.1) is 5.92 Å². The first-order chi connectivity index (χ1) is 12.4. The van der Waals surface area contributed by atoms with E-state index in [1.54, 1.807) is 25.1 Å². The summed E-state index contributed by atoms with van der Waals surface area (Å²) in [6.07, 6.45) is 2.13. The molecule has 0 radical (unpaired) electrons. The van der Waals surface area contributed by atoms with Crippen molar-refractivity contribution >= 4 is 17.7 Å². The van der Waals surface area contributed by atoms with Crippen LogP contribution in [0.25, 0.3) is 0 Å². The maximum atomic E-state index is 12.5. The fraction of sp³-hybridized carbons (Fsp3) is 0.526. The Morgan fingerprint density at radius 3 is 2.50 bits per heavy atom. The third-order valence-corrected chi connectivity index (χ3v) is 4.07. The Kier molecular flexibility index (Phi) is 7.00. The average Bonchev–Trinajstić information content (AvgIpc) is 3.43. The summed E-state index contributed by atoms with van der Waals surface area (Å²) in [7, 11) is 1.47. The maximum absolute atomic E-state index is 12.5. The second kappa shape index (κ2) is 9.22. The SMILES string of the molecule is CCOC(=O)CN(CC1CC1)C(=O)COc1ccc(C(C)=O)cc1OC. The van der Waals surface area contributed by atoms with E-state index in [1.807, 2.05) is 0 Å². The number of nitrogens with zero attached hydrogens (tertiary/aromatic N) is 1. The van der Waals surface area contributed by atoms with Crippen molar-refractivity contribution in [2.24, 2.45) is 5.92 Å². The fourth-order valence-electron chi connectivity index (χ4n) is 2.47. The molecule has 0 bridgehead atoms. The van der Waals surface area contributed by atoms with Crippen LogP contribution in [0.5, 0.6) is 11.5 Å². The molecular formula is C19H25NO6. The largest absolute Gasteiger partial charge is 0.493 e. The number of esters is 1. The molecule has 142 valence electrons. The molecule has 2 rings (SSSR count). The van der Waals surface area contributed by atoms with Crippen LogP contribution in [0.4, 0.5) is 0 Å². The number of hydrogen-bond donors (Lipinski definition) is 0. The van der Waals surface area contributed by atoms with E-state index in [-0.39, 0.29) is 31.4 Å². The van der Waals surface area contributed by atoms with Crippen LogP contribution in [0.3, 0.4) is 0 Å². The molecule has 26 heavy (non-hydrogen) atoms. The molecule has 0 aromatic heterocycles. The summed E-state index contributed by atoms with van der Waals surface area (Å²) in [5.41, 5.74) is 0.498. The number of carbonyl (C=O) groups is 3. The minimum atomic E-state index is -0.426. The molecule has 0 N–H and O–H groups in total. The topological polar surface area (TPSA) is 82.1 Å². The summed E-state index contributed by atoms with van der Waals surface area (Å²) in [6.45, 7) is 3.70. The van der Waals surface area contributed by atoms with E-state index in [9.17, 15) is 14.4 Å².